The van der Waals surface area contributed by atoms with Crippen LogP contribution in [0.5, 0.6) is 5.75 Å². The number of methoxy groups -OCH3 is 1. The van der Waals surface area contributed by atoms with E-state index in [2.05, 4.69) is 21.2 Å². The molecule has 3 aromatic rings. The van der Waals surface area contributed by atoms with Gasteiger partial charge in [0.2, 0.25) is 0 Å². The van der Waals surface area contributed by atoms with Crippen LogP contribution in [-0.2, 0) is 20.7 Å². The van der Waals surface area contributed by atoms with E-state index in [4.69, 9.17) is 9.47 Å². The Morgan fingerprint density at radius 3 is 2.39 bits per heavy atom. The number of hydrogen-bond acceptors (Lipinski definition) is 5. The van der Waals surface area contributed by atoms with Crippen molar-refractivity contribution < 1.29 is 19.1 Å². The molecule has 5 nitrogen and oxygen atoms in total. The van der Waals surface area contributed by atoms with E-state index >= 15 is 0 Å². The summed E-state index contributed by atoms with van der Waals surface area (Å²) in [5.74, 6) is -0.0254. The lowest BCUT2D eigenvalue weighted by Gasteiger charge is -2.37. The minimum atomic E-state index is -0.504. The summed E-state index contributed by atoms with van der Waals surface area (Å²) in [4.78, 5) is 27.3. The molecule has 0 saturated carbocycles. The number of benzene rings is 3. The van der Waals surface area contributed by atoms with Crippen molar-refractivity contribution in [2.24, 2.45) is 0 Å². The van der Waals surface area contributed by atoms with Gasteiger partial charge in [0.15, 0.2) is 5.78 Å². The highest BCUT2D eigenvalue weighted by atomic mass is 79.9. The number of ketones is 1. The standard InChI is InChI=1S/C32H30BrNO4/c1-20-29(32(36)38-17-16-21-8-4-3-5-9-21)30(25-10-6-7-11-26(25)33)31-27(34-20)18-23(19-28(31)35)22-12-14-24(37-2)15-13-22/h3-15,23,30,34H,16-19H2,1-2H3. The molecule has 1 aliphatic heterocycles. The van der Waals surface area contributed by atoms with Crippen LogP contribution in [0.2, 0.25) is 0 Å². The summed E-state index contributed by atoms with van der Waals surface area (Å²) in [5.41, 5.74) is 5.82. The molecule has 5 rings (SSSR count). The van der Waals surface area contributed by atoms with Crippen LogP contribution in [0.4, 0.5) is 0 Å². The molecule has 1 N–H and O–H groups in total. The molecule has 1 heterocycles. The SMILES string of the molecule is COc1ccc(C2CC(=O)C3=C(C2)NC(C)=C(C(=O)OCCc2ccccc2)C3c2ccccc2Br)cc1. The number of dihydropyridines is 1. The second-order valence-electron chi connectivity index (χ2n) is 9.68. The Hall–Kier alpha value is -3.64. The summed E-state index contributed by atoms with van der Waals surface area (Å²) < 4.78 is 11.9. The van der Waals surface area contributed by atoms with E-state index in [-0.39, 0.29) is 18.3 Å². The summed E-state index contributed by atoms with van der Waals surface area (Å²) in [6.45, 7) is 2.16. The van der Waals surface area contributed by atoms with Gasteiger partial charge in [0.1, 0.15) is 5.75 Å². The average Bonchev–Trinajstić information content (AvgIpc) is 2.93. The second-order valence-corrected chi connectivity index (χ2v) is 10.5. The van der Waals surface area contributed by atoms with Crippen LogP contribution < -0.4 is 10.1 Å². The van der Waals surface area contributed by atoms with E-state index in [0.29, 0.717) is 30.4 Å². The summed E-state index contributed by atoms with van der Waals surface area (Å²) in [7, 11) is 1.64. The van der Waals surface area contributed by atoms with Gasteiger partial charge in [-0.05, 0) is 54.2 Å². The number of carbonyl (C=O) groups excluding carboxylic acids is 2. The number of hydrogen-bond donors (Lipinski definition) is 1. The smallest absolute Gasteiger partial charge is 0.336 e. The first-order valence-electron chi connectivity index (χ1n) is 12.8. The summed E-state index contributed by atoms with van der Waals surface area (Å²) in [6.07, 6.45) is 1.69. The Morgan fingerprint density at radius 1 is 0.974 bits per heavy atom. The van der Waals surface area contributed by atoms with Gasteiger partial charge in [-0.25, -0.2) is 4.79 Å². The summed E-state index contributed by atoms with van der Waals surface area (Å²) in [5, 5.41) is 3.43. The number of Topliss-reactive ketones (excluding diaryl/α,β-unsaturated/α-hetero) is 1. The van der Waals surface area contributed by atoms with Crippen LogP contribution in [0.25, 0.3) is 0 Å². The highest BCUT2D eigenvalue weighted by Crippen LogP contribution is 2.47. The zero-order valence-electron chi connectivity index (χ0n) is 21.5. The quantitative estimate of drug-likeness (QED) is 0.323. The Bertz CT molecular complexity index is 1410. The Kier molecular flexibility index (Phi) is 7.79. The minimum Gasteiger partial charge on any atom is -0.497 e. The fourth-order valence-electron chi connectivity index (χ4n) is 5.43. The van der Waals surface area contributed by atoms with Crippen molar-refractivity contribution in [3.05, 3.63) is 123 Å². The molecule has 0 radical (unpaired) electrons. The maximum absolute atomic E-state index is 13.8. The third-order valence-electron chi connectivity index (χ3n) is 7.32. The van der Waals surface area contributed by atoms with Crippen LogP contribution in [0.3, 0.4) is 0 Å². The molecule has 2 atom stereocenters. The predicted molar refractivity (Wildman–Crippen MR) is 151 cm³/mol. The maximum atomic E-state index is 13.8. The van der Waals surface area contributed by atoms with Gasteiger partial charge in [-0.2, -0.15) is 0 Å². The average molecular weight is 572 g/mol. The van der Waals surface area contributed by atoms with Gasteiger partial charge in [-0.15, -0.1) is 0 Å². The first-order valence-corrected chi connectivity index (χ1v) is 13.6. The number of nitrogens with one attached hydrogen (secondary N) is 1. The molecule has 194 valence electrons. The molecule has 3 aromatic carbocycles. The first-order chi connectivity index (χ1) is 18.5. The third-order valence-corrected chi connectivity index (χ3v) is 8.04. The molecule has 0 saturated heterocycles. The predicted octanol–water partition coefficient (Wildman–Crippen LogP) is 6.61. The van der Waals surface area contributed by atoms with Crippen molar-refractivity contribution in [3.8, 4) is 5.75 Å². The zero-order valence-corrected chi connectivity index (χ0v) is 23.1. The van der Waals surface area contributed by atoms with Gasteiger partial charge >= 0.3 is 5.97 Å². The molecule has 2 aliphatic rings. The maximum Gasteiger partial charge on any atom is 0.336 e. The molecule has 0 spiro atoms. The van der Waals surface area contributed by atoms with Gasteiger partial charge in [-0.3, -0.25) is 4.79 Å². The highest BCUT2D eigenvalue weighted by Gasteiger charge is 2.42. The first kappa shape index (κ1) is 26.0. The van der Waals surface area contributed by atoms with Gasteiger partial charge in [0, 0.05) is 40.2 Å². The fourth-order valence-corrected chi connectivity index (χ4v) is 5.94. The van der Waals surface area contributed by atoms with Crippen molar-refractivity contribution in [3.63, 3.8) is 0 Å². The third kappa shape index (κ3) is 5.32. The van der Waals surface area contributed by atoms with E-state index in [9.17, 15) is 9.59 Å². The molecule has 2 unspecified atom stereocenters. The largest absolute Gasteiger partial charge is 0.497 e. The highest BCUT2D eigenvalue weighted by molar-refractivity contribution is 9.10. The number of ether oxygens (including phenoxy) is 2. The summed E-state index contributed by atoms with van der Waals surface area (Å²) in [6, 6.07) is 25.6. The topological polar surface area (TPSA) is 64.6 Å². The number of rotatable bonds is 7. The number of allylic oxidation sites excluding steroid dienone is 3. The lowest BCUT2D eigenvalue weighted by atomic mass is 9.71. The molecule has 0 amide bonds. The molecular formula is C32H30BrNO4. The van der Waals surface area contributed by atoms with Crippen molar-refractivity contribution in [1.82, 2.24) is 5.32 Å². The van der Waals surface area contributed by atoms with Crippen LogP contribution in [0.15, 0.2) is 106 Å². The van der Waals surface area contributed by atoms with Gasteiger partial charge in [-0.1, -0.05) is 76.6 Å². The second kappa shape index (κ2) is 11.4. The Balaban J connectivity index is 1.46. The van der Waals surface area contributed by atoms with Gasteiger partial charge < -0.3 is 14.8 Å². The molecule has 0 aromatic heterocycles. The van der Waals surface area contributed by atoms with Crippen molar-refractivity contribution in [1.29, 1.82) is 0 Å². The van der Waals surface area contributed by atoms with Crippen LogP contribution in [-0.4, -0.2) is 25.5 Å². The van der Waals surface area contributed by atoms with Crippen molar-refractivity contribution in [2.75, 3.05) is 13.7 Å². The van der Waals surface area contributed by atoms with E-state index in [1.165, 1.54) is 0 Å². The van der Waals surface area contributed by atoms with E-state index in [1.807, 2.05) is 85.8 Å². The van der Waals surface area contributed by atoms with Crippen molar-refractivity contribution >= 4 is 27.7 Å². The molecule has 38 heavy (non-hydrogen) atoms. The number of esters is 1. The van der Waals surface area contributed by atoms with Crippen molar-refractivity contribution in [2.45, 2.75) is 38.0 Å². The van der Waals surface area contributed by atoms with Crippen LogP contribution in [0.1, 0.15) is 48.3 Å². The number of halogens is 1. The van der Waals surface area contributed by atoms with Crippen LogP contribution in [0, 0.1) is 0 Å². The van der Waals surface area contributed by atoms with E-state index in [1.54, 1.807) is 7.11 Å². The number of carbonyl (C=O) groups is 2. The van der Waals surface area contributed by atoms with Crippen LogP contribution >= 0.6 is 15.9 Å². The van der Waals surface area contributed by atoms with E-state index < -0.39 is 11.9 Å². The molecule has 0 fully saturated rings. The molecule has 1 aliphatic carbocycles. The Morgan fingerprint density at radius 2 is 1.68 bits per heavy atom. The lowest BCUT2D eigenvalue weighted by Crippen LogP contribution is -2.36. The fraction of sp³-hybridized carbons (Fsp3) is 0.250. The van der Waals surface area contributed by atoms with Gasteiger partial charge in [0.25, 0.3) is 0 Å². The normalized spacial score (nSPS) is 19.1. The molecular weight excluding hydrogens is 542 g/mol. The van der Waals surface area contributed by atoms with E-state index in [0.717, 1.165) is 38.3 Å². The Labute approximate surface area is 231 Å². The zero-order chi connectivity index (χ0) is 26.6. The monoisotopic (exact) mass is 571 g/mol. The lowest BCUT2D eigenvalue weighted by molar-refractivity contribution is -0.139. The molecule has 6 heteroatoms. The minimum absolute atomic E-state index is 0.0439. The van der Waals surface area contributed by atoms with Gasteiger partial charge in [0.05, 0.1) is 19.3 Å². The summed E-state index contributed by atoms with van der Waals surface area (Å²) >= 11 is 3.67. The molecule has 0 bridgehead atoms.